The fourth-order valence-corrected chi connectivity index (χ4v) is 2.60. The molecule has 0 heterocycles. The van der Waals surface area contributed by atoms with Gasteiger partial charge in [0.15, 0.2) is 5.78 Å². The summed E-state index contributed by atoms with van der Waals surface area (Å²) in [6.07, 6.45) is 7.76. The van der Waals surface area contributed by atoms with Crippen molar-refractivity contribution in [2.24, 2.45) is 11.8 Å². The molecule has 0 spiro atoms. The number of hydrogen-bond acceptors (Lipinski definition) is 2. The van der Waals surface area contributed by atoms with Gasteiger partial charge in [-0.3, -0.25) is 4.79 Å². The van der Waals surface area contributed by atoms with Crippen molar-refractivity contribution in [1.29, 1.82) is 0 Å². The van der Waals surface area contributed by atoms with E-state index in [0.29, 0.717) is 24.0 Å². The summed E-state index contributed by atoms with van der Waals surface area (Å²) in [5.74, 6) is 1.41. The van der Waals surface area contributed by atoms with E-state index in [1.54, 1.807) is 7.11 Å². The molecule has 1 saturated carbocycles. The number of rotatable bonds is 6. The van der Waals surface area contributed by atoms with E-state index in [4.69, 9.17) is 4.74 Å². The first-order chi connectivity index (χ1) is 7.65. The molecule has 16 heavy (non-hydrogen) atoms. The van der Waals surface area contributed by atoms with E-state index in [1.807, 2.05) is 0 Å². The highest BCUT2D eigenvalue weighted by molar-refractivity contribution is 5.83. The van der Waals surface area contributed by atoms with Gasteiger partial charge in [0.25, 0.3) is 0 Å². The van der Waals surface area contributed by atoms with Gasteiger partial charge in [0, 0.05) is 13.5 Å². The maximum absolute atomic E-state index is 12.1. The summed E-state index contributed by atoms with van der Waals surface area (Å²) >= 11 is 0. The molecule has 0 saturated heterocycles. The number of hydrogen-bond donors (Lipinski definition) is 0. The van der Waals surface area contributed by atoms with Gasteiger partial charge in [-0.1, -0.05) is 33.1 Å². The zero-order chi connectivity index (χ0) is 12.0. The third-order valence-electron chi connectivity index (χ3n) is 3.62. The van der Waals surface area contributed by atoms with Crippen molar-refractivity contribution in [3.05, 3.63) is 0 Å². The number of carbonyl (C=O) groups excluding carboxylic acids is 1. The number of ether oxygens (including phenoxy) is 1. The Balaban J connectivity index is 2.41. The highest BCUT2D eigenvalue weighted by Crippen LogP contribution is 2.29. The third-order valence-corrected chi connectivity index (χ3v) is 3.62. The number of carbonyl (C=O) groups is 1. The van der Waals surface area contributed by atoms with Gasteiger partial charge >= 0.3 is 0 Å². The predicted molar refractivity (Wildman–Crippen MR) is 66.5 cm³/mol. The summed E-state index contributed by atoms with van der Waals surface area (Å²) in [5.41, 5.74) is 0. The first-order valence-electron chi connectivity index (χ1n) is 6.70. The van der Waals surface area contributed by atoms with Crippen LogP contribution < -0.4 is 0 Å². The molecule has 94 valence electrons. The van der Waals surface area contributed by atoms with Crippen molar-refractivity contribution in [1.82, 2.24) is 0 Å². The Labute approximate surface area is 99.8 Å². The van der Waals surface area contributed by atoms with Crippen molar-refractivity contribution in [3.8, 4) is 0 Å². The minimum Gasteiger partial charge on any atom is -0.373 e. The van der Waals surface area contributed by atoms with Gasteiger partial charge in [-0.05, 0) is 31.1 Å². The lowest BCUT2D eigenvalue weighted by Gasteiger charge is -2.28. The largest absolute Gasteiger partial charge is 0.373 e. The number of methoxy groups -OCH3 is 1. The van der Waals surface area contributed by atoms with Crippen LogP contribution in [0.5, 0.6) is 0 Å². The highest BCUT2D eigenvalue weighted by atomic mass is 16.5. The molecule has 1 aliphatic carbocycles. The highest BCUT2D eigenvalue weighted by Gasteiger charge is 2.28. The van der Waals surface area contributed by atoms with E-state index in [0.717, 1.165) is 6.42 Å². The van der Waals surface area contributed by atoms with Crippen molar-refractivity contribution < 1.29 is 9.53 Å². The molecule has 0 aromatic heterocycles. The second kappa shape index (κ2) is 7.05. The molecule has 0 bridgehead atoms. The van der Waals surface area contributed by atoms with Crippen LogP contribution in [-0.2, 0) is 9.53 Å². The molecule has 2 nitrogen and oxygen atoms in total. The van der Waals surface area contributed by atoms with Crippen molar-refractivity contribution in [2.45, 2.75) is 64.9 Å². The smallest absolute Gasteiger partial charge is 0.161 e. The second-order valence-electron chi connectivity index (χ2n) is 5.45. The van der Waals surface area contributed by atoms with Crippen LogP contribution in [0.4, 0.5) is 0 Å². The first kappa shape index (κ1) is 13.7. The maximum atomic E-state index is 12.1. The van der Waals surface area contributed by atoms with Crippen LogP contribution in [0, 0.1) is 11.8 Å². The number of Topliss-reactive ketones (excluding diaryl/α,β-unsaturated/α-hetero) is 1. The number of ketones is 1. The fourth-order valence-electron chi connectivity index (χ4n) is 2.60. The van der Waals surface area contributed by atoms with Crippen LogP contribution in [0.25, 0.3) is 0 Å². The monoisotopic (exact) mass is 226 g/mol. The van der Waals surface area contributed by atoms with E-state index in [1.165, 1.54) is 32.1 Å². The first-order valence-corrected chi connectivity index (χ1v) is 6.70. The molecular formula is C14H26O2. The molecule has 1 fully saturated rings. The summed E-state index contributed by atoms with van der Waals surface area (Å²) in [6.45, 7) is 4.32. The molecular weight excluding hydrogens is 200 g/mol. The van der Waals surface area contributed by atoms with Gasteiger partial charge in [-0.25, -0.2) is 0 Å². The molecule has 0 aliphatic heterocycles. The van der Waals surface area contributed by atoms with Gasteiger partial charge in [0.2, 0.25) is 0 Å². The van der Waals surface area contributed by atoms with Crippen molar-refractivity contribution >= 4 is 5.78 Å². The molecule has 0 amide bonds. The van der Waals surface area contributed by atoms with Crippen LogP contribution in [0.15, 0.2) is 0 Å². The van der Waals surface area contributed by atoms with Crippen LogP contribution in [0.3, 0.4) is 0 Å². The average molecular weight is 226 g/mol. The van der Waals surface area contributed by atoms with Gasteiger partial charge < -0.3 is 4.74 Å². The van der Waals surface area contributed by atoms with Gasteiger partial charge in [-0.15, -0.1) is 0 Å². The fraction of sp³-hybridized carbons (Fsp3) is 0.929. The Morgan fingerprint density at radius 1 is 1.25 bits per heavy atom. The molecule has 0 N–H and O–H groups in total. The lowest BCUT2D eigenvalue weighted by atomic mass is 9.82. The summed E-state index contributed by atoms with van der Waals surface area (Å²) < 4.78 is 5.43. The maximum Gasteiger partial charge on any atom is 0.161 e. The Morgan fingerprint density at radius 2 is 1.88 bits per heavy atom. The minimum atomic E-state index is -0.126. The zero-order valence-corrected chi connectivity index (χ0v) is 11.0. The summed E-state index contributed by atoms with van der Waals surface area (Å²) in [4.78, 5) is 12.1. The second-order valence-corrected chi connectivity index (χ2v) is 5.45. The Kier molecular flexibility index (Phi) is 6.04. The van der Waals surface area contributed by atoms with E-state index in [9.17, 15) is 4.79 Å². The molecule has 0 radical (unpaired) electrons. The average Bonchev–Trinajstić information content (AvgIpc) is 2.29. The van der Waals surface area contributed by atoms with E-state index in [2.05, 4.69) is 13.8 Å². The van der Waals surface area contributed by atoms with Crippen LogP contribution in [0.1, 0.15) is 58.8 Å². The molecule has 1 aliphatic rings. The Morgan fingerprint density at radius 3 is 2.38 bits per heavy atom. The van der Waals surface area contributed by atoms with E-state index < -0.39 is 0 Å². The van der Waals surface area contributed by atoms with Crippen LogP contribution >= 0.6 is 0 Å². The summed E-state index contributed by atoms with van der Waals surface area (Å²) in [5, 5.41) is 0. The SMILES string of the molecule is COC(C(=O)CCC(C)C)C1CCCCC1. The third kappa shape index (κ3) is 4.25. The van der Waals surface area contributed by atoms with Gasteiger partial charge in [-0.2, -0.15) is 0 Å². The van der Waals surface area contributed by atoms with Crippen LogP contribution in [0.2, 0.25) is 0 Å². The molecule has 1 rings (SSSR count). The standard InChI is InChI=1S/C14H26O2/c1-11(2)9-10-13(15)14(16-3)12-7-5-4-6-8-12/h11-12,14H,4-10H2,1-3H3. The molecule has 0 aromatic carbocycles. The summed E-state index contributed by atoms with van der Waals surface area (Å²) in [7, 11) is 1.69. The van der Waals surface area contributed by atoms with Crippen molar-refractivity contribution in [2.75, 3.05) is 7.11 Å². The Hall–Kier alpha value is -0.370. The molecule has 0 aromatic rings. The quantitative estimate of drug-likeness (QED) is 0.692. The van der Waals surface area contributed by atoms with Crippen molar-refractivity contribution in [3.63, 3.8) is 0 Å². The van der Waals surface area contributed by atoms with E-state index >= 15 is 0 Å². The van der Waals surface area contributed by atoms with Gasteiger partial charge in [0.1, 0.15) is 6.10 Å². The summed E-state index contributed by atoms with van der Waals surface area (Å²) in [6, 6.07) is 0. The Bertz CT molecular complexity index is 205. The minimum absolute atomic E-state index is 0.126. The normalized spacial score (nSPS) is 20.0. The zero-order valence-electron chi connectivity index (χ0n) is 11.0. The molecule has 1 atom stereocenters. The topological polar surface area (TPSA) is 26.3 Å². The van der Waals surface area contributed by atoms with E-state index in [-0.39, 0.29) is 6.10 Å². The lowest BCUT2D eigenvalue weighted by Crippen LogP contribution is -2.33. The molecule has 2 heteroatoms. The predicted octanol–water partition coefficient (Wildman–Crippen LogP) is 3.59. The lowest BCUT2D eigenvalue weighted by molar-refractivity contribution is -0.133. The van der Waals surface area contributed by atoms with Crippen LogP contribution in [-0.4, -0.2) is 19.0 Å². The molecule has 1 unspecified atom stereocenters. The van der Waals surface area contributed by atoms with Gasteiger partial charge in [0.05, 0.1) is 0 Å².